The molecule has 1 N–H and O–H groups in total. The number of phenolic OH excluding ortho intramolecular Hbond substituents is 1. The van der Waals surface area contributed by atoms with Gasteiger partial charge in [-0.3, -0.25) is 0 Å². The fourth-order valence-electron chi connectivity index (χ4n) is 1.89. The number of fused-ring (bicyclic) bond motifs is 1. The van der Waals surface area contributed by atoms with Crippen LogP contribution in [0.2, 0.25) is 0 Å². The van der Waals surface area contributed by atoms with Crippen molar-refractivity contribution in [2.45, 2.75) is 13.8 Å². The van der Waals surface area contributed by atoms with E-state index in [1.807, 2.05) is 32.0 Å². The van der Waals surface area contributed by atoms with Gasteiger partial charge in [-0.05, 0) is 24.3 Å². The molecule has 0 bridgehead atoms. The summed E-state index contributed by atoms with van der Waals surface area (Å²) in [6, 6.07) is 9.54. The number of nitrogens with zero attached hydrogens (tertiary/aromatic N) is 1. The second-order valence-electron chi connectivity index (χ2n) is 4.08. The van der Waals surface area contributed by atoms with Gasteiger partial charge in [0.05, 0.1) is 0 Å². The van der Waals surface area contributed by atoms with E-state index in [1.165, 1.54) is 12.1 Å². The number of para-hydroxylation sites is 1. The second kappa shape index (κ2) is 6.22. The van der Waals surface area contributed by atoms with E-state index in [-0.39, 0.29) is 0 Å². The van der Waals surface area contributed by atoms with Crippen molar-refractivity contribution in [3.8, 4) is 17.2 Å². The highest BCUT2D eigenvalue weighted by atomic mass is 19.1. The number of rotatable bonds is 2. The Labute approximate surface area is 122 Å². The van der Waals surface area contributed by atoms with E-state index >= 15 is 0 Å². The van der Waals surface area contributed by atoms with Gasteiger partial charge in [0.25, 0.3) is 0 Å². The van der Waals surface area contributed by atoms with E-state index in [2.05, 4.69) is 11.6 Å². The number of hydrogen-bond acceptors (Lipinski definition) is 3. The number of benzene rings is 2. The Kier molecular flexibility index (Phi) is 4.38. The van der Waals surface area contributed by atoms with Crippen LogP contribution in [-0.4, -0.2) is 10.1 Å². The van der Waals surface area contributed by atoms with Crippen molar-refractivity contribution < 1.29 is 13.9 Å². The molecule has 3 aromatic rings. The molecule has 2 aromatic carbocycles. The lowest BCUT2D eigenvalue weighted by atomic mass is 10.2. The maximum atomic E-state index is 13.3. The molecule has 0 aliphatic heterocycles. The van der Waals surface area contributed by atoms with Crippen LogP contribution in [0.1, 0.15) is 19.4 Å². The molecule has 0 saturated heterocycles. The summed E-state index contributed by atoms with van der Waals surface area (Å²) in [6.45, 7) is 7.71. The van der Waals surface area contributed by atoms with Crippen LogP contribution in [-0.2, 0) is 0 Å². The molecule has 108 valence electrons. The molecule has 0 amide bonds. The summed E-state index contributed by atoms with van der Waals surface area (Å²) in [7, 11) is 0. The van der Waals surface area contributed by atoms with Gasteiger partial charge in [0.2, 0.25) is 5.89 Å². The smallest absolute Gasteiger partial charge is 0.227 e. The lowest BCUT2D eigenvalue weighted by molar-refractivity contribution is 0.432. The molecule has 0 spiro atoms. The molecule has 21 heavy (non-hydrogen) atoms. The monoisotopic (exact) mass is 285 g/mol. The summed E-state index contributed by atoms with van der Waals surface area (Å²) in [5.41, 5.74) is 2.60. The molecule has 4 heteroatoms. The van der Waals surface area contributed by atoms with Crippen LogP contribution in [0.3, 0.4) is 0 Å². The third-order valence-corrected chi connectivity index (χ3v) is 2.86. The largest absolute Gasteiger partial charge is 0.505 e. The molecule has 0 aliphatic rings. The molecule has 3 nitrogen and oxygen atoms in total. The van der Waals surface area contributed by atoms with Gasteiger partial charge in [-0.1, -0.05) is 38.6 Å². The van der Waals surface area contributed by atoms with Crippen molar-refractivity contribution in [1.82, 2.24) is 4.98 Å². The summed E-state index contributed by atoms with van der Waals surface area (Å²) in [5, 5.41) is 9.17. The average molecular weight is 285 g/mol. The molecule has 0 saturated carbocycles. The lowest BCUT2D eigenvalue weighted by Gasteiger charge is -1.97. The van der Waals surface area contributed by atoms with E-state index < -0.39 is 11.6 Å². The fourth-order valence-corrected chi connectivity index (χ4v) is 1.89. The second-order valence-corrected chi connectivity index (χ2v) is 4.08. The summed E-state index contributed by atoms with van der Waals surface area (Å²) in [4.78, 5) is 4.30. The highest BCUT2D eigenvalue weighted by Crippen LogP contribution is 2.29. The fraction of sp³-hybridized carbons (Fsp3) is 0.118. The first-order valence-corrected chi connectivity index (χ1v) is 6.70. The van der Waals surface area contributed by atoms with Crippen LogP contribution in [0, 0.1) is 5.82 Å². The summed E-state index contributed by atoms with van der Waals surface area (Å²) < 4.78 is 19.0. The van der Waals surface area contributed by atoms with Crippen molar-refractivity contribution in [2.75, 3.05) is 0 Å². The van der Waals surface area contributed by atoms with E-state index in [9.17, 15) is 9.50 Å². The maximum absolute atomic E-state index is 13.3. The van der Waals surface area contributed by atoms with Gasteiger partial charge < -0.3 is 9.52 Å². The Morgan fingerprint density at radius 2 is 2.00 bits per heavy atom. The minimum atomic E-state index is -0.705. The number of phenols is 1. The van der Waals surface area contributed by atoms with Crippen molar-refractivity contribution in [3.63, 3.8) is 0 Å². The van der Waals surface area contributed by atoms with Gasteiger partial charge in [0.15, 0.2) is 17.1 Å². The Balaban J connectivity index is 0.000000774. The molecule has 1 heterocycles. The van der Waals surface area contributed by atoms with Gasteiger partial charge in [0.1, 0.15) is 5.52 Å². The predicted molar refractivity (Wildman–Crippen MR) is 82.5 cm³/mol. The first kappa shape index (κ1) is 14.8. The van der Waals surface area contributed by atoms with Crippen molar-refractivity contribution in [2.24, 2.45) is 0 Å². The minimum Gasteiger partial charge on any atom is -0.505 e. The number of oxazole rings is 1. The molecule has 0 fully saturated rings. The molecule has 1 aromatic heterocycles. The minimum absolute atomic E-state index is 0.309. The maximum Gasteiger partial charge on any atom is 0.227 e. The summed E-state index contributed by atoms with van der Waals surface area (Å²) in [5.74, 6) is -0.793. The molecule has 0 radical (unpaired) electrons. The van der Waals surface area contributed by atoms with Gasteiger partial charge in [0, 0.05) is 11.1 Å². The molecule has 0 aliphatic carbocycles. The zero-order valence-electron chi connectivity index (χ0n) is 11.9. The molecule has 3 rings (SSSR count). The van der Waals surface area contributed by atoms with Crippen molar-refractivity contribution >= 4 is 17.2 Å². The Bertz CT molecular complexity index is 778. The number of aromatic hydroxyl groups is 1. The quantitative estimate of drug-likeness (QED) is 0.720. The van der Waals surface area contributed by atoms with Crippen molar-refractivity contribution in [3.05, 3.63) is 54.4 Å². The molecular formula is C17H16FNO2. The van der Waals surface area contributed by atoms with Gasteiger partial charge in [-0.25, -0.2) is 9.37 Å². The van der Waals surface area contributed by atoms with Gasteiger partial charge in [-0.2, -0.15) is 0 Å². The van der Waals surface area contributed by atoms with Crippen molar-refractivity contribution in [1.29, 1.82) is 0 Å². The van der Waals surface area contributed by atoms with Crippen LogP contribution in [0.4, 0.5) is 4.39 Å². The number of halogens is 1. The van der Waals surface area contributed by atoms with Gasteiger partial charge >= 0.3 is 0 Å². The first-order chi connectivity index (χ1) is 10.2. The third-order valence-electron chi connectivity index (χ3n) is 2.86. The third kappa shape index (κ3) is 2.79. The first-order valence-electron chi connectivity index (χ1n) is 6.70. The number of hydrogen-bond donors (Lipinski definition) is 1. The number of aromatic nitrogens is 1. The summed E-state index contributed by atoms with van der Waals surface area (Å²) >= 11 is 0. The van der Waals surface area contributed by atoms with Crippen LogP contribution >= 0.6 is 0 Å². The van der Waals surface area contributed by atoms with E-state index in [0.717, 1.165) is 5.56 Å². The van der Waals surface area contributed by atoms with Crippen LogP contribution in [0.5, 0.6) is 5.75 Å². The predicted octanol–water partition coefficient (Wildman–Crippen LogP) is 5.01. The zero-order valence-corrected chi connectivity index (χ0v) is 11.9. The zero-order chi connectivity index (χ0) is 15.4. The standard InChI is InChI=1S/C15H10FNO2.C2H6/c1-2-9-4-3-5-12-14(9)19-15(17-12)10-6-7-13(18)11(16)8-10;1-2/h2-8,18H,1H2;1-2H3. The summed E-state index contributed by atoms with van der Waals surface area (Å²) in [6.07, 6.45) is 1.68. The van der Waals surface area contributed by atoms with E-state index in [0.29, 0.717) is 22.6 Å². The molecule has 0 atom stereocenters. The highest BCUT2D eigenvalue weighted by molar-refractivity contribution is 5.84. The average Bonchev–Trinajstić information content (AvgIpc) is 2.96. The Morgan fingerprint density at radius 1 is 1.24 bits per heavy atom. The van der Waals surface area contributed by atoms with E-state index in [4.69, 9.17) is 4.42 Å². The van der Waals surface area contributed by atoms with Crippen LogP contribution in [0.15, 0.2) is 47.4 Å². The Hall–Kier alpha value is -2.62. The highest BCUT2D eigenvalue weighted by Gasteiger charge is 2.12. The molecule has 0 unspecified atom stereocenters. The van der Waals surface area contributed by atoms with Gasteiger partial charge in [-0.15, -0.1) is 0 Å². The van der Waals surface area contributed by atoms with E-state index in [1.54, 1.807) is 12.1 Å². The lowest BCUT2D eigenvalue weighted by Crippen LogP contribution is -1.80. The van der Waals surface area contributed by atoms with Crippen LogP contribution < -0.4 is 0 Å². The molecular weight excluding hydrogens is 269 g/mol. The Morgan fingerprint density at radius 3 is 2.67 bits per heavy atom. The topological polar surface area (TPSA) is 46.3 Å². The SMILES string of the molecule is C=Cc1cccc2nc(-c3ccc(O)c(F)c3)oc12.CC. The van der Waals surface area contributed by atoms with Crippen LogP contribution in [0.25, 0.3) is 28.6 Å². The normalized spacial score (nSPS) is 10.0.